The van der Waals surface area contributed by atoms with Crippen molar-refractivity contribution in [1.29, 1.82) is 0 Å². The molecule has 0 aromatic carbocycles. The van der Waals surface area contributed by atoms with Crippen LogP contribution in [0.15, 0.2) is 17.1 Å². The van der Waals surface area contributed by atoms with E-state index >= 15 is 0 Å². The largest absolute Gasteiger partial charge is 0.512 e. The van der Waals surface area contributed by atoms with Crippen LogP contribution in [0.2, 0.25) is 0 Å². The van der Waals surface area contributed by atoms with Crippen LogP contribution < -0.4 is 0 Å². The summed E-state index contributed by atoms with van der Waals surface area (Å²) in [6, 6.07) is 0. The zero-order valence-corrected chi connectivity index (χ0v) is 12.8. The van der Waals surface area contributed by atoms with E-state index in [1.807, 2.05) is 0 Å². The minimum absolute atomic E-state index is 0.0876. The monoisotopic (exact) mass is 341 g/mol. The van der Waals surface area contributed by atoms with Gasteiger partial charge in [-0.3, -0.25) is 9.69 Å². The van der Waals surface area contributed by atoms with Gasteiger partial charge in [0.15, 0.2) is 0 Å². The van der Waals surface area contributed by atoms with Gasteiger partial charge in [0.25, 0.3) is 0 Å². The van der Waals surface area contributed by atoms with E-state index < -0.39 is 12.1 Å². The molecule has 0 spiro atoms. The Morgan fingerprint density at radius 3 is 2.91 bits per heavy atom. The number of allylic oxidation sites excluding steroid dienone is 1. The predicted octanol–water partition coefficient (Wildman–Crippen LogP) is 0.231. The molecule has 2 atom stereocenters. The molecule has 3 rings (SSSR count). The molecule has 3 heterocycles. The number of carboxylic acid groups (broad SMARTS) is 1. The van der Waals surface area contributed by atoms with Gasteiger partial charge in [-0.15, -0.1) is 5.10 Å². The van der Waals surface area contributed by atoms with E-state index in [1.54, 1.807) is 4.68 Å². The van der Waals surface area contributed by atoms with E-state index in [0.29, 0.717) is 13.0 Å². The van der Waals surface area contributed by atoms with Crippen LogP contribution in [0.4, 0.5) is 4.79 Å². The number of β-lactam (4-membered cyclic amide) rings is 1. The molecule has 0 aliphatic carbocycles. The molecule has 2 aliphatic heterocycles. The highest BCUT2D eigenvalue weighted by Crippen LogP contribution is 2.50. The fourth-order valence-electron chi connectivity index (χ4n) is 2.57. The van der Waals surface area contributed by atoms with E-state index in [0.717, 1.165) is 17.7 Å². The van der Waals surface area contributed by atoms with Crippen molar-refractivity contribution in [3.8, 4) is 0 Å². The predicted molar refractivity (Wildman–Crippen MR) is 76.6 cm³/mol. The molecule has 1 saturated heterocycles. The number of ether oxygens (including phenoxy) is 1. The highest BCUT2D eigenvalue weighted by molar-refractivity contribution is 8.04. The van der Waals surface area contributed by atoms with Crippen LogP contribution in [-0.2, 0) is 16.1 Å². The SMILES string of the molecule is O=C(O)OC1=C(CCCCn2cnnn2)S[C@@H]2[C@@H](CO)C(=O)N12. The molecule has 1 fully saturated rings. The lowest BCUT2D eigenvalue weighted by atomic mass is 10.00. The maximum atomic E-state index is 11.9. The first-order valence-electron chi connectivity index (χ1n) is 7.07. The number of aliphatic hydroxyl groups is 1. The summed E-state index contributed by atoms with van der Waals surface area (Å²) in [5, 5.41) is 28.6. The number of fused-ring (bicyclic) bond motifs is 1. The molecule has 0 radical (unpaired) electrons. The second-order valence-electron chi connectivity index (χ2n) is 5.13. The topological polar surface area (TPSA) is 131 Å². The lowest BCUT2D eigenvalue weighted by Crippen LogP contribution is -2.58. The van der Waals surface area contributed by atoms with Crippen molar-refractivity contribution < 1.29 is 24.5 Å². The first-order chi connectivity index (χ1) is 11.1. The van der Waals surface area contributed by atoms with Crippen LogP contribution >= 0.6 is 11.8 Å². The third-order valence-electron chi connectivity index (χ3n) is 3.69. The number of carbonyl (C=O) groups excluding carboxylic acids is 1. The highest BCUT2D eigenvalue weighted by Gasteiger charge is 2.55. The number of amides is 1. The Kier molecular flexibility index (Phi) is 4.48. The normalized spacial score (nSPS) is 23.0. The summed E-state index contributed by atoms with van der Waals surface area (Å²) in [6.07, 6.45) is 2.24. The third-order valence-corrected chi connectivity index (χ3v) is 5.13. The summed E-state index contributed by atoms with van der Waals surface area (Å²) in [5.41, 5.74) is 0. The fourth-order valence-corrected chi connectivity index (χ4v) is 4.04. The van der Waals surface area contributed by atoms with E-state index in [4.69, 9.17) is 9.84 Å². The number of unbranched alkanes of at least 4 members (excludes halogenated alkanes) is 1. The number of aromatic nitrogens is 4. The van der Waals surface area contributed by atoms with E-state index in [1.165, 1.54) is 23.0 Å². The Labute approximate surface area is 135 Å². The number of tetrazole rings is 1. The second kappa shape index (κ2) is 6.54. The number of rotatable bonds is 7. The Bertz CT molecular complexity index is 634. The standard InChI is InChI=1S/C12H15N5O5S/c18-5-7-9(19)17-10(22-12(20)21)8(23-11(7)17)3-1-2-4-16-6-13-14-15-16/h6-7,11,18H,1-5H2,(H,20,21)/t7-,11+/m0/s1. The van der Waals surface area contributed by atoms with Gasteiger partial charge in [-0.25, -0.2) is 9.48 Å². The number of thioether (sulfide) groups is 1. The summed E-state index contributed by atoms with van der Waals surface area (Å²) in [7, 11) is 0. The van der Waals surface area contributed by atoms with Gasteiger partial charge in [0.1, 0.15) is 11.7 Å². The average molecular weight is 341 g/mol. The molecule has 2 aliphatic rings. The van der Waals surface area contributed by atoms with E-state index in [9.17, 15) is 14.7 Å². The Morgan fingerprint density at radius 1 is 1.43 bits per heavy atom. The van der Waals surface area contributed by atoms with Crippen molar-refractivity contribution in [1.82, 2.24) is 25.1 Å². The minimum Gasteiger partial charge on any atom is -0.449 e. The van der Waals surface area contributed by atoms with Gasteiger partial charge >= 0.3 is 6.16 Å². The lowest BCUT2D eigenvalue weighted by molar-refractivity contribution is -0.151. The van der Waals surface area contributed by atoms with Crippen LogP contribution in [0, 0.1) is 5.92 Å². The summed E-state index contributed by atoms with van der Waals surface area (Å²) < 4.78 is 6.40. The smallest absolute Gasteiger partial charge is 0.449 e. The van der Waals surface area contributed by atoms with Crippen LogP contribution in [0.25, 0.3) is 0 Å². The van der Waals surface area contributed by atoms with Gasteiger partial charge in [0.2, 0.25) is 11.8 Å². The molecule has 11 heteroatoms. The van der Waals surface area contributed by atoms with Crippen LogP contribution in [0.1, 0.15) is 19.3 Å². The molecule has 0 saturated carbocycles. The molecular weight excluding hydrogens is 326 g/mol. The van der Waals surface area contributed by atoms with Crippen molar-refractivity contribution in [2.24, 2.45) is 5.92 Å². The average Bonchev–Trinajstić information content (AvgIpc) is 3.10. The third kappa shape index (κ3) is 3.01. The maximum absolute atomic E-state index is 11.9. The second-order valence-corrected chi connectivity index (χ2v) is 6.34. The van der Waals surface area contributed by atoms with Gasteiger partial charge in [-0.1, -0.05) is 11.8 Å². The Hall–Kier alpha value is -2.14. The molecule has 0 unspecified atom stereocenters. The summed E-state index contributed by atoms with van der Waals surface area (Å²) in [5.74, 6) is -0.708. The summed E-state index contributed by atoms with van der Waals surface area (Å²) >= 11 is 1.38. The molecule has 10 nitrogen and oxygen atoms in total. The number of hydrogen-bond acceptors (Lipinski definition) is 8. The zero-order valence-electron chi connectivity index (χ0n) is 12.0. The van der Waals surface area contributed by atoms with Crippen LogP contribution in [0.5, 0.6) is 0 Å². The van der Waals surface area contributed by atoms with Gasteiger partial charge in [0.05, 0.1) is 12.5 Å². The van der Waals surface area contributed by atoms with Crippen LogP contribution in [0.3, 0.4) is 0 Å². The molecule has 23 heavy (non-hydrogen) atoms. The van der Waals surface area contributed by atoms with Crippen molar-refractivity contribution in [3.63, 3.8) is 0 Å². The van der Waals surface area contributed by atoms with Gasteiger partial charge in [-0.2, -0.15) is 0 Å². The fraction of sp³-hybridized carbons (Fsp3) is 0.583. The molecule has 1 amide bonds. The number of aryl methyl sites for hydroxylation is 1. The van der Waals surface area contributed by atoms with Crippen molar-refractivity contribution in [2.45, 2.75) is 31.2 Å². The van der Waals surface area contributed by atoms with Crippen molar-refractivity contribution >= 4 is 23.8 Å². The summed E-state index contributed by atoms with van der Waals surface area (Å²) in [6.45, 7) is 0.408. The molecule has 1 aromatic rings. The zero-order chi connectivity index (χ0) is 16.4. The molecule has 1 aromatic heterocycles. The lowest BCUT2D eigenvalue weighted by Gasteiger charge is -2.40. The van der Waals surface area contributed by atoms with Gasteiger partial charge in [-0.05, 0) is 29.7 Å². The van der Waals surface area contributed by atoms with Crippen molar-refractivity contribution in [2.75, 3.05) is 6.61 Å². The number of hydrogen-bond donors (Lipinski definition) is 2. The maximum Gasteiger partial charge on any atom is 0.512 e. The van der Waals surface area contributed by atoms with E-state index in [-0.39, 0.29) is 23.8 Å². The molecule has 0 bridgehead atoms. The molecule has 124 valence electrons. The van der Waals surface area contributed by atoms with Crippen LogP contribution in [-0.4, -0.2) is 59.4 Å². The van der Waals surface area contributed by atoms with E-state index in [2.05, 4.69) is 15.5 Å². The summed E-state index contributed by atoms with van der Waals surface area (Å²) in [4.78, 5) is 24.8. The Balaban J connectivity index is 1.60. The quantitative estimate of drug-likeness (QED) is 0.406. The van der Waals surface area contributed by atoms with Gasteiger partial charge < -0.3 is 14.9 Å². The van der Waals surface area contributed by atoms with Gasteiger partial charge in [0, 0.05) is 11.4 Å². The van der Waals surface area contributed by atoms with Crippen molar-refractivity contribution in [3.05, 3.63) is 17.1 Å². The number of carbonyl (C=O) groups is 2. The first-order valence-corrected chi connectivity index (χ1v) is 7.95. The molecule has 2 N–H and O–H groups in total. The highest BCUT2D eigenvalue weighted by atomic mass is 32.2. The first kappa shape index (κ1) is 15.7. The minimum atomic E-state index is -1.45. The number of aliphatic hydroxyl groups excluding tert-OH is 1. The number of nitrogens with zero attached hydrogens (tertiary/aromatic N) is 5. The molecular formula is C12H15N5O5S. The Morgan fingerprint density at radius 2 is 2.26 bits per heavy atom.